The van der Waals surface area contributed by atoms with Gasteiger partial charge in [0, 0.05) is 17.6 Å². The second-order valence-corrected chi connectivity index (χ2v) is 4.59. The van der Waals surface area contributed by atoms with Crippen molar-refractivity contribution in [1.82, 2.24) is 20.1 Å². The number of hydrogen-bond acceptors (Lipinski definition) is 3. The highest BCUT2D eigenvalue weighted by atomic mass is 35.5. The molecule has 0 bridgehead atoms. The van der Waals surface area contributed by atoms with Gasteiger partial charge in [0.15, 0.2) is 0 Å². The summed E-state index contributed by atoms with van der Waals surface area (Å²) in [7, 11) is 0. The van der Waals surface area contributed by atoms with Crippen LogP contribution in [0.5, 0.6) is 0 Å². The van der Waals surface area contributed by atoms with Crippen LogP contribution >= 0.6 is 11.6 Å². The SMILES string of the molecule is CCn1ncnc1CNC(C)c1cccc(Cl)c1. The molecule has 1 heterocycles. The second kappa shape index (κ2) is 5.98. The number of halogens is 1. The number of benzene rings is 1. The minimum absolute atomic E-state index is 0.228. The molecule has 1 aromatic carbocycles. The van der Waals surface area contributed by atoms with Crippen LogP contribution in [0.3, 0.4) is 0 Å². The summed E-state index contributed by atoms with van der Waals surface area (Å²) < 4.78 is 1.89. The molecular formula is C13H17ClN4. The van der Waals surface area contributed by atoms with Crippen LogP contribution in [-0.4, -0.2) is 14.8 Å². The van der Waals surface area contributed by atoms with E-state index in [1.54, 1.807) is 6.33 Å². The molecule has 4 nitrogen and oxygen atoms in total. The number of hydrogen-bond donors (Lipinski definition) is 1. The first-order chi connectivity index (χ1) is 8.70. The Morgan fingerprint density at radius 1 is 1.44 bits per heavy atom. The predicted molar refractivity (Wildman–Crippen MR) is 72.4 cm³/mol. The second-order valence-electron chi connectivity index (χ2n) is 4.15. The Bertz CT molecular complexity index is 509. The topological polar surface area (TPSA) is 42.7 Å². The molecule has 0 aliphatic carbocycles. The molecule has 0 aliphatic heterocycles. The van der Waals surface area contributed by atoms with Gasteiger partial charge in [0.2, 0.25) is 0 Å². The van der Waals surface area contributed by atoms with Gasteiger partial charge in [-0.1, -0.05) is 23.7 Å². The molecule has 1 N–H and O–H groups in total. The first kappa shape index (κ1) is 13.1. The molecule has 96 valence electrons. The van der Waals surface area contributed by atoms with Crippen molar-refractivity contribution in [3.05, 3.63) is 47.0 Å². The van der Waals surface area contributed by atoms with Gasteiger partial charge < -0.3 is 5.32 Å². The van der Waals surface area contributed by atoms with Gasteiger partial charge in [0.25, 0.3) is 0 Å². The first-order valence-corrected chi connectivity index (χ1v) is 6.44. The molecule has 5 heteroatoms. The summed E-state index contributed by atoms with van der Waals surface area (Å²) >= 11 is 5.98. The van der Waals surface area contributed by atoms with Gasteiger partial charge in [0.1, 0.15) is 12.2 Å². The van der Waals surface area contributed by atoms with Gasteiger partial charge in [-0.2, -0.15) is 5.10 Å². The van der Waals surface area contributed by atoms with Gasteiger partial charge in [-0.25, -0.2) is 9.67 Å². The molecule has 0 saturated carbocycles. The van der Waals surface area contributed by atoms with Crippen LogP contribution < -0.4 is 5.32 Å². The van der Waals surface area contributed by atoms with Gasteiger partial charge in [-0.15, -0.1) is 0 Å². The molecule has 1 aromatic heterocycles. The number of aromatic nitrogens is 3. The fraction of sp³-hybridized carbons (Fsp3) is 0.385. The zero-order valence-corrected chi connectivity index (χ0v) is 11.4. The highest BCUT2D eigenvalue weighted by Crippen LogP contribution is 2.17. The van der Waals surface area contributed by atoms with E-state index in [2.05, 4.69) is 35.3 Å². The maximum atomic E-state index is 5.98. The van der Waals surface area contributed by atoms with Crippen LogP contribution in [0.25, 0.3) is 0 Å². The molecule has 2 rings (SSSR count). The van der Waals surface area contributed by atoms with E-state index in [4.69, 9.17) is 11.6 Å². The summed E-state index contributed by atoms with van der Waals surface area (Å²) in [6, 6.07) is 8.11. The maximum absolute atomic E-state index is 5.98. The molecule has 18 heavy (non-hydrogen) atoms. The third-order valence-corrected chi connectivity index (χ3v) is 3.15. The zero-order chi connectivity index (χ0) is 13.0. The van der Waals surface area contributed by atoms with Crippen LogP contribution in [0, 0.1) is 0 Å². The third-order valence-electron chi connectivity index (χ3n) is 2.91. The van der Waals surface area contributed by atoms with E-state index in [0.29, 0.717) is 6.54 Å². The fourth-order valence-corrected chi connectivity index (χ4v) is 2.03. The number of aryl methyl sites for hydroxylation is 1. The third kappa shape index (κ3) is 3.09. The number of nitrogens with zero attached hydrogens (tertiary/aromatic N) is 3. The summed E-state index contributed by atoms with van der Waals surface area (Å²) in [5, 5.41) is 8.33. The Balaban J connectivity index is 1.98. The molecule has 0 aliphatic rings. The lowest BCUT2D eigenvalue weighted by molar-refractivity contribution is 0.523. The Morgan fingerprint density at radius 2 is 2.28 bits per heavy atom. The Kier molecular flexibility index (Phi) is 4.33. The van der Waals surface area contributed by atoms with Crippen molar-refractivity contribution in [3.63, 3.8) is 0 Å². The van der Waals surface area contributed by atoms with Gasteiger partial charge in [-0.3, -0.25) is 0 Å². The van der Waals surface area contributed by atoms with Crippen molar-refractivity contribution < 1.29 is 0 Å². The van der Waals surface area contributed by atoms with Crippen molar-refractivity contribution in [2.24, 2.45) is 0 Å². The molecular weight excluding hydrogens is 248 g/mol. The number of rotatable bonds is 5. The van der Waals surface area contributed by atoms with E-state index >= 15 is 0 Å². The van der Waals surface area contributed by atoms with Crippen molar-refractivity contribution in [2.45, 2.75) is 33.0 Å². The standard InChI is InChI=1S/C13H17ClN4/c1-3-18-13(16-9-17-18)8-15-10(2)11-5-4-6-12(14)7-11/h4-7,9-10,15H,3,8H2,1-2H3. The normalized spacial score (nSPS) is 12.6. The zero-order valence-electron chi connectivity index (χ0n) is 10.6. The van der Waals surface area contributed by atoms with Gasteiger partial charge >= 0.3 is 0 Å². The van der Waals surface area contributed by atoms with Crippen LogP contribution in [0.1, 0.15) is 31.3 Å². The fourth-order valence-electron chi connectivity index (χ4n) is 1.83. The van der Waals surface area contributed by atoms with Gasteiger partial charge in [-0.05, 0) is 31.5 Å². The lowest BCUT2D eigenvalue weighted by atomic mass is 10.1. The molecule has 0 amide bonds. The van der Waals surface area contributed by atoms with Crippen LogP contribution in [-0.2, 0) is 13.1 Å². The van der Waals surface area contributed by atoms with E-state index in [1.165, 1.54) is 5.56 Å². The molecule has 0 radical (unpaired) electrons. The average Bonchev–Trinajstić information content (AvgIpc) is 2.83. The summed E-state index contributed by atoms with van der Waals surface area (Å²) in [4.78, 5) is 4.23. The largest absolute Gasteiger partial charge is 0.303 e. The van der Waals surface area contributed by atoms with Crippen molar-refractivity contribution in [1.29, 1.82) is 0 Å². The Morgan fingerprint density at radius 3 is 3.00 bits per heavy atom. The number of nitrogens with one attached hydrogen (secondary N) is 1. The van der Waals surface area contributed by atoms with E-state index in [9.17, 15) is 0 Å². The highest BCUT2D eigenvalue weighted by molar-refractivity contribution is 6.30. The minimum Gasteiger partial charge on any atom is -0.303 e. The monoisotopic (exact) mass is 264 g/mol. The Labute approximate surface area is 112 Å². The lowest BCUT2D eigenvalue weighted by Crippen LogP contribution is -2.21. The van der Waals surface area contributed by atoms with Crippen molar-refractivity contribution in [2.75, 3.05) is 0 Å². The summed E-state index contributed by atoms with van der Waals surface area (Å²) in [6.07, 6.45) is 1.59. The van der Waals surface area contributed by atoms with Crippen LogP contribution in [0.2, 0.25) is 5.02 Å². The van der Waals surface area contributed by atoms with Crippen molar-refractivity contribution >= 4 is 11.6 Å². The van der Waals surface area contributed by atoms with Crippen LogP contribution in [0.4, 0.5) is 0 Å². The average molecular weight is 265 g/mol. The quantitative estimate of drug-likeness (QED) is 0.903. The molecule has 0 saturated heterocycles. The van der Waals surface area contributed by atoms with Crippen molar-refractivity contribution in [3.8, 4) is 0 Å². The minimum atomic E-state index is 0.228. The highest BCUT2D eigenvalue weighted by Gasteiger charge is 2.08. The molecule has 1 unspecified atom stereocenters. The lowest BCUT2D eigenvalue weighted by Gasteiger charge is -2.14. The summed E-state index contributed by atoms with van der Waals surface area (Å²) in [6.45, 7) is 5.70. The molecule has 0 fully saturated rings. The molecule has 2 aromatic rings. The Hall–Kier alpha value is -1.39. The summed E-state index contributed by atoms with van der Waals surface area (Å²) in [5.74, 6) is 0.950. The van der Waals surface area contributed by atoms with Gasteiger partial charge in [0.05, 0.1) is 6.54 Å². The predicted octanol–water partition coefficient (Wildman–Crippen LogP) is 2.80. The first-order valence-electron chi connectivity index (χ1n) is 6.06. The van der Waals surface area contributed by atoms with E-state index in [0.717, 1.165) is 17.4 Å². The molecule has 0 spiro atoms. The summed E-state index contributed by atoms with van der Waals surface area (Å²) in [5.41, 5.74) is 1.17. The van der Waals surface area contributed by atoms with E-state index in [1.807, 2.05) is 22.9 Å². The van der Waals surface area contributed by atoms with E-state index in [-0.39, 0.29) is 6.04 Å². The van der Waals surface area contributed by atoms with Crippen LogP contribution in [0.15, 0.2) is 30.6 Å². The maximum Gasteiger partial charge on any atom is 0.140 e. The smallest absolute Gasteiger partial charge is 0.140 e. The molecule has 1 atom stereocenters. The van der Waals surface area contributed by atoms with E-state index < -0.39 is 0 Å².